The van der Waals surface area contributed by atoms with Gasteiger partial charge in [-0.15, -0.1) is 0 Å². The molecule has 1 aromatic rings. The zero-order chi connectivity index (χ0) is 8.97. The van der Waals surface area contributed by atoms with E-state index in [1.165, 1.54) is 0 Å². The van der Waals surface area contributed by atoms with Crippen LogP contribution in [0.25, 0.3) is 0 Å². The molecule has 1 aromatic heterocycles. The van der Waals surface area contributed by atoms with Crippen LogP contribution in [-0.4, -0.2) is 21.4 Å². The lowest BCUT2D eigenvalue weighted by atomic mass is 10.8. The van der Waals surface area contributed by atoms with Crippen LogP contribution < -0.4 is 22.3 Å². The molecule has 1 amide bonds. The number of nitrogens with one attached hydrogen (secondary N) is 2. The molecule has 8 nitrogen and oxygen atoms in total. The Morgan fingerprint density at radius 1 is 1.17 bits per heavy atom. The third-order valence-corrected chi connectivity index (χ3v) is 0.913. The SMILES string of the molecule is Nc1nc(N)nc(NNC=O)n1. The molecule has 0 fully saturated rings. The van der Waals surface area contributed by atoms with Gasteiger partial charge in [0.15, 0.2) is 0 Å². The first-order valence-electron chi connectivity index (χ1n) is 2.94. The van der Waals surface area contributed by atoms with Gasteiger partial charge in [-0.2, -0.15) is 15.0 Å². The van der Waals surface area contributed by atoms with Crippen LogP contribution >= 0.6 is 0 Å². The number of nitrogens with zero attached hydrogens (tertiary/aromatic N) is 3. The smallest absolute Gasteiger partial charge is 0.248 e. The lowest BCUT2D eigenvalue weighted by Crippen LogP contribution is -2.21. The summed E-state index contributed by atoms with van der Waals surface area (Å²) in [5.74, 6) is 0.0579. The highest BCUT2D eigenvalue weighted by Crippen LogP contribution is 2.00. The summed E-state index contributed by atoms with van der Waals surface area (Å²) in [6.07, 6.45) is 0.427. The van der Waals surface area contributed by atoms with Crippen LogP contribution in [0.15, 0.2) is 0 Å². The summed E-state index contributed by atoms with van der Waals surface area (Å²) >= 11 is 0. The van der Waals surface area contributed by atoms with E-state index in [1.807, 2.05) is 0 Å². The molecule has 0 bridgehead atoms. The molecule has 6 N–H and O–H groups in total. The standard InChI is InChI=1S/C4H7N7O/c5-2-8-3(6)10-4(9-2)11-7-1-12/h1H,(H,7,12)(H5,5,6,8,9,10,11). The molecular weight excluding hydrogens is 162 g/mol. The average molecular weight is 169 g/mol. The van der Waals surface area contributed by atoms with Gasteiger partial charge in [0.05, 0.1) is 0 Å². The number of amides is 1. The van der Waals surface area contributed by atoms with Crippen molar-refractivity contribution in [3.63, 3.8) is 0 Å². The maximum atomic E-state index is 9.84. The Morgan fingerprint density at radius 2 is 1.75 bits per heavy atom. The van der Waals surface area contributed by atoms with Gasteiger partial charge in [-0.05, 0) is 0 Å². The van der Waals surface area contributed by atoms with Crippen molar-refractivity contribution in [3.05, 3.63) is 0 Å². The van der Waals surface area contributed by atoms with E-state index in [0.29, 0.717) is 6.41 Å². The van der Waals surface area contributed by atoms with Gasteiger partial charge in [-0.3, -0.25) is 15.6 Å². The molecule has 8 heteroatoms. The highest BCUT2D eigenvalue weighted by molar-refractivity contribution is 5.50. The second-order valence-electron chi connectivity index (χ2n) is 1.76. The Labute approximate surface area is 67.4 Å². The molecule has 1 rings (SSSR count). The first-order chi connectivity index (χ1) is 5.72. The van der Waals surface area contributed by atoms with Crippen molar-refractivity contribution in [1.29, 1.82) is 0 Å². The van der Waals surface area contributed by atoms with Crippen molar-refractivity contribution in [2.45, 2.75) is 0 Å². The predicted molar refractivity (Wildman–Crippen MR) is 41.5 cm³/mol. The predicted octanol–water partition coefficient (Wildman–Crippen LogP) is -1.89. The van der Waals surface area contributed by atoms with Crippen LogP contribution in [0.2, 0.25) is 0 Å². The van der Waals surface area contributed by atoms with Crippen molar-refractivity contribution in [3.8, 4) is 0 Å². The highest BCUT2D eigenvalue weighted by Gasteiger charge is 1.98. The summed E-state index contributed by atoms with van der Waals surface area (Å²) in [5, 5.41) is 0. The number of anilines is 3. The molecule has 0 unspecified atom stereocenters. The van der Waals surface area contributed by atoms with Crippen LogP contribution in [0, 0.1) is 0 Å². The molecule has 0 atom stereocenters. The van der Waals surface area contributed by atoms with Gasteiger partial charge < -0.3 is 11.5 Å². The lowest BCUT2D eigenvalue weighted by Gasteiger charge is -2.02. The first kappa shape index (κ1) is 7.98. The maximum Gasteiger partial charge on any atom is 0.248 e. The third-order valence-electron chi connectivity index (χ3n) is 0.913. The summed E-state index contributed by atoms with van der Waals surface area (Å²) in [6.45, 7) is 0. The number of nitrogens with two attached hydrogens (primary N) is 2. The van der Waals surface area contributed by atoms with E-state index in [1.54, 1.807) is 0 Å². The summed E-state index contributed by atoms with van der Waals surface area (Å²) < 4.78 is 0. The Kier molecular flexibility index (Phi) is 2.21. The topological polar surface area (TPSA) is 132 Å². The number of hydrazine groups is 1. The molecule has 1 heterocycles. The van der Waals surface area contributed by atoms with E-state index < -0.39 is 0 Å². The molecule has 0 saturated carbocycles. The molecule has 0 aromatic carbocycles. The highest BCUT2D eigenvalue weighted by atomic mass is 16.1. The molecule has 0 aliphatic rings. The molecule has 0 radical (unpaired) electrons. The fourth-order valence-corrected chi connectivity index (χ4v) is 0.559. The largest absolute Gasteiger partial charge is 0.368 e. The Morgan fingerprint density at radius 3 is 2.25 bits per heavy atom. The Hall–Kier alpha value is -2.12. The number of hydrogen-bond donors (Lipinski definition) is 4. The number of carbonyl (C=O) groups is 1. The minimum Gasteiger partial charge on any atom is -0.368 e. The fraction of sp³-hybridized carbons (Fsp3) is 0. The minimum absolute atomic E-state index is 0.0160. The second kappa shape index (κ2) is 3.32. The van der Waals surface area contributed by atoms with Crippen molar-refractivity contribution >= 4 is 24.3 Å². The molecule has 64 valence electrons. The van der Waals surface area contributed by atoms with Crippen molar-refractivity contribution in [1.82, 2.24) is 20.4 Å². The molecular formula is C4H7N7O. The van der Waals surface area contributed by atoms with E-state index in [0.717, 1.165) is 0 Å². The van der Waals surface area contributed by atoms with Gasteiger partial charge in [-0.25, -0.2) is 0 Å². The third kappa shape index (κ3) is 1.94. The molecule has 0 saturated heterocycles. The number of rotatable bonds is 3. The lowest BCUT2D eigenvalue weighted by molar-refractivity contribution is -0.109. The maximum absolute atomic E-state index is 9.84. The molecule has 0 aliphatic heterocycles. The summed E-state index contributed by atoms with van der Waals surface area (Å²) in [4.78, 5) is 20.6. The fourth-order valence-electron chi connectivity index (χ4n) is 0.559. The molecule has 0 aliphatic carbocycles. The number of aromatic nitrogens is 3. The van der Waals surface area contributed by atoms with E-state index in [2.05, 4.69) is 25.8 Å². The normalized spacial score (nSPS) is 9.00. The summed E-state index contributed by atoms with van der Waals surface area (Å²) in [6, 6.07) is 0. The van der Waals surface area contributed by atoms with Gasteiger partial charge >= 0.3 is 0 Å². The first-order valence-corrected chi connectivity index (χ1v) is 2.94. The van der Waals surface area contributed by atoms with Crippen LogP contribution in [-0.2, 0) is 4.79 Å². The zero-order valence-corrected chi connectivity index (χ0v) is 5.98. The van der Waals surface area contributed by atoms with Crippen LogP contribution in [0.5, 0.6) is 0 Å². The zero-order valence-electron chi connectivity index (χ0n) is 5.98. The quantitative estimate of drug-likeness (QED) is 0.307. The van der Waals surface area contributed by atoms with Gasteiger partial charge in [0, 0.05) is 0 Å². The average Bonchev–Trinajstić information content (AvgIpc) is 1.99. The second-order valence-corrected chi connectivity index (χ2v) is 1.76. The Bertz CT molecular complexity index is 266. The van der Waals surface area contributed by atoms with Crippen LogP contribution in [0.4, 0.5) is 17.8 Å². The summed E-state index contributed by atoms with van der Waals surface area (Å²) in [5.41, 5.74) is 14.9. The van der Waals surface area contributed by atoms with Crippen LogP contribution in [0.3, 0.4) is 0 Å². The van der Waals surface area contributed by atoms with E-state index in [9.17, 15) is 4.79 Å². The van der Waals surface area contributed by atoms with E-state index in [4.69, 9.17) is 11.5 Å². The Balaban J connectivity index is 2.78. The number of carbonyl (C=O) groups excluding carboxylic acids is 1. The van der Waals surface area contributed by atoms with E-state index >= 15 is 0 Å². The van der Waals surface area contributed by atoms with Crippen molar-refractivity contribution < 1.29 is 4.79 Å². The number of nitrogen functional groups attached to an aromatic ring is 2. The summed E-state index contributed by atoms with van der Waals surface area (Å²) in [7, 11) is 0. The van der Waals surface area contributed by atoms with Crippen molar-refractivity contribution in [2.75, 3.05) is 16.9 Å². The van der Waals surface area contributed by atoms with Gasteiger partial charge in [-0.1, -0.05) is 0 Å². The van der Waals surface area contributed by atoms with Gasteiger partial charge in [0.25, 0.3) is 0 Å². The molecule has 0 spiro atoms. The van der Waals surface area contributed by atoms with Crippen molar-refractivity contribution in [2.24, 2.45) is 0 Å². The minimum atomic E-state index is -0.0160. The monoisotopic (exact) mass is 169 g/mol. The van der Waals surface area contributed by atoms with E-state index in [-0.39, 0.29) is 17.8 Å². The number of hydrogen-bond acceptors (Lipinski definition) is 7. The molecule has 12 heavy (non-hydrogen) atoms. The van der Waals surface area contributed by atoms with Gasteiger partial charge in [0.2, 0.25) is 24.3 Å². The van der Waals surface area contributed by atoms with Crippen LogP contribution in [0.1, 0.15) is 0 Å². The van der Waals surface area contributed by atoms with Gasteiger partial charge in [0.1, 0.15) is 0 Å².